The van der Waals surface area contributed by atoms with Crippen molar-refractivity contribution in [3.8, 4) is 17.2 Å². The van der Waals surface area contributed by atoms with Gasteiger partial charge in [-0.15, -0.1) is 0 Å². The van der Waals surface area contributed by atoms with Gasteiger partial charge in [-0.05, 0) is 104 Å². The molecule has 0 radical (unpaired) electrons. The number of ether oxygens (including phenoxy) is 2. The van der Waals surface area contributed by atoms with Crippen LogP contribution >= 0.6 is 27.7 Å². The number of thioether (sulfide) groups is 1. The molecular formula is C32H32BrN3O5S. The molecule has 0 aromatic heterocycles. The van der Waals surface area contributed by atoms with Crippen LogP contribution in [0, 0.1) is 0 Å². The van der Waals surface area contributed by atoms with Crippen LogP contribution in [0.2, 0.25) is 0 Å². The van der Waals surface area contributed by atoms with Crippen LogP contribution in [-0.2, 0) is 9.59 Å². The van der Waals surface area contributed by atoms with E-state index in [0.29, 0.717) is 35.1 Å². The third-order valence-electron chi connectivity index (χ3n) is 7.03. The summed E-state index contributed by atoms with van der Waals surface area (Å²) in [6.45, 7) is 3.94. The Morgan fingerprint density at radius 2 is 1.48 bits per heavy atom. The number of carbonyl (C=O) groups is 3. The van der Waals surface area contributed by atoms with Gasteiger partial charge in [0.25, 0.3) is 11.1 Å². The van der Waals surface area contributed by atoms with Gasteiger partial charge in [-0.3, -0.25) is 14.4 Å². The molecule has 8 nitrogen and oxygen atoms in total. The fourth-order valence-corrected chi connectivity index (χ4v) is 5.69. The van der Waals surface area contributed by atoms with Crippen molar-refractivity contribution >= 4 is 56.5 Å². The number of piperazine rings is 1. The third-order valence-corrected chi connectivity index (χ3v) is 8.42. The molecule has 3 amide bonds. The zero-order chi connectivity index (χ0) is 29.5. The van der Waals surface area contributed by atoms with Crippen LogP contribution in [0.15, 0.2) is 82.2 Å². The van der Waals surface area contributed by atoms with Gasteiger partial charge in [0.1, 0.15) is 17.2 Å². The molecule has 0 spiro atoms. The summed E-state index contributed by atoms with van der Waals surface area (Å²) >= 11 is 4.32. The summed E-state index contributed by atoms with van der Waals surface area (Å²) in [7, 11) is 2.07. The highest BCUT2D eigenvalue weighted by Gasteiger charge is 2.36. The van der Waals surface area contributed by atoms with E-state index in [9.17, 15) is 14.4 Å². The van der Waals surface area contributed by atoms with Crippen LogP contribution in [0.3, 0.4) is 0 Å². The number of amides is 3. The molecule has 2 heterocycles. The molecule has 0 saturated carbocycles. The van der Waals surface area contributed by atoms with E-state index in [1.165, 1.54) is 4.90 Å². The first kappa shape index (κ1) is 29.9. The van der Waals surface area contributed by atoms with Crippen LogP contribution in [0.4, 0.5) is 10.5 Å². The number of imide groups is 1. The molecule has 218 valence electrons. The zero-order valence-electron chi connectivity index (χ0n) is 23.3. The van der Waals surface area contributed by atoms with Gasteiger partial charge in [0, 0.05) is 37.1 Å². The molecular weight excluding hydrogens is 618 g/mol. The predicted octanol–water partition coefficient (Wildman–Crippen LogP) is 6.81. The normalized spacial score (nSPS) is 16.8. The number of carbonyl (C=O) groups excluding carboxylic acids is 3. The summed E-state index contributed by atoms with van der Waals surface area (Å²) in [6, 6.07) is 21.8. The van der Waals surface area contributed by atoms with Crippen LogP contribution in [-0.4, -0.2) is 66.7 Å². The molecule has 0 N–H and O–H groups in total. The predicted molar refractivity (Wildman–Crippen MR) is 169 cm³/mol. The zero-order valence-corrected chi connectivity index (χ0v) is 25.7. The topological polar surface area (TPSA) is 79.4 Å². The van der Waals surface area contributed by atoms with Crippen molar-refractivity contribution in [3.63, 3.8) is 0 Å². The number of nitrogens with zero attached hydrogens (tertiary/aromatic N) is 3. The lowest BCUT2D eigenvalue weighted by atomic mass is 10.2. The molecule has 5 rings (SSSR count). The smallest absolute Gasteiger partial charge is 0.298 e. The van der Waals surface area contributed by atoms with Gasteiger partial charge in [-0.25, -0.2) is 4.90 Å². The highest BCUT2D eigenvalue weighted by molar-refractivity contribution is 9.10. The van der Waals surface area contributed by atoms with Gasteiger partial charge in [0.15, 0.2) is 0 Å². The van der Waals surface area contributed by atoms with E-state index < -0.39 is 0 Å². The maximum Gasteiger partial charge on any atom is 0.298 e. The monoisotopic (exact) mass is 649 g/mol. The second kappa shape index (κ2) is 14.0. The molecule has 10 heteroatoms. The van der Waals surface area contributed by atoms with Gasteiger partial charge < -0.3 is 19.3 Å². The summed E-state index contributed by atoms with van der Waals surface area (Å²) in [5, 5.41) is -0.347. The van der Waals surface area contributed by atoms with Crippen molar-refractivity contribution in [2.75, 3.05) is 44.7 Å². The Hall–Kier alpha value is -3.60. The Kier molecular flexibility index (Phi) is 9.99. The molecule has 0 atom stereocenters. The molecule has 0 aliphatic carbocycles. The summed E-state index contributed by atoms with van der Waals surface area (Å²) < 4.78 is 12.6. The van der Waals surface area contributed by atoms with Crippen molar-refractivity contribution in [3.05, 3.63) is 87.7 Å². The first-order chi connectivity index (χ1) is 20.4. The Labute approximate surface area is 258 Å². The molecule has 0 unspecified atom stereocenters. The van der Waals surface area contributed by atoms with Crippen molar-refractivity contribution in [2.45, 2.75) is 19.3 Å². The van der Waals surface area contributed by atoms with E-state index in [2.05, 4.69) is 27.9 Å². The standard InChI is InChI=1S/C32H32BrN3O5S/c1-34-17-19-35(20-18-34)30(37)4-2-3-21-40-26-15-9-25(10-16-26)36-31(38)29(42-32(36)39)22-23-5-11-27(12-6-23)41-28-13-7-24(33)8-14-28/h5-16,22H,2-4,17-21H2,1H3. The fourth-order valence-electron chi connectivity index (χ4n) is 4.59. The van der Waals surface area contributed by atoms with Crippen molar-refractivity contribution in [1.29, 1.82) is 0 Å². The number of hydrogen-bond acceptors (Lipinski definition) is 7. The number of benzene rings is 3. The Balaban J connectivity index is 1.09. The lowest BCUT2D eigenvalue weighted by Crippen LogP contribution is -2.47. The van der Waals surface area contributed by atoms with E-state index in [0.717, 1.165) is 66.6 Å². The second-order valence-electron chi connectivity index (χ2n) is 10.1. The Morgan fingerprint density at radius 3 is 2.14 bits per heavy atom. The quantitative estimate of drug-likeness (QED) is 0.176. The van der Waals surface area contributed by atoms with Crippen LogP contribution < -0.4 is 14.4 Å². The van der Waals surface area contributed by atoms with E-state index in [1.54, 1.807) is 30.3 Å². The number of anilines is 1. The average molecular weight is 651 g/mol. The lowest BCUT2D eigenvalue weighted by Gasteiger charge is -2.32. The summed E-state index contributed by atoms with van der Waals surface area (Å²) in [4.78, 5) is 43.9. The molecule has 2 aliphatic rings. The fraction of sp³-hybridized carbons (Fsp3) is 0.281. The van der Waals surface area contributed by atoms with Crippen LogP contribution in [0.1, 0.15) is 24.8 Å². The number of rotatable bonds is 10. The second-order valence-corrected chi connectivity index (χ2v) is 12.0. The minimum absolute atomic E-state index is 0.210. The molecule has 2 fully saturated rings. The number of halogens is 1. The number of unbranched alkanes of at least 4 members (excludes halogenated alkanes) is 1. The first-order valence-corrected chi connectivity index (χ1v) is 15.5. The van der Waals surface area contributed by atoms with Crippen molar-refractivity contribution in [2.24, 2.45) is 0 Å². The average Bonchev–Trinajstić information content (AvgIpc) is 3.27. The van der Waals surface area contributed by atoms with Gasteiger partial charge >= 0.3 is 0 Å². The highest BCUT2D eigenvalue weighted by Crippen LogP contribution is 2.36. The van der Waals surface area contributed by atoms with E-state index in [-0.39, 0.29) is 17.1 Å². The number of hydrogen-bond donors (Lipinski definition) is 0. The van der Waals surface area contributed by atoms with Crippen LogP contribution in [0.5, 0.6) is 17.2 Å². The van der Waals surface area contributed by atoms with Gasteiger partial charge in [0.05, 0.1) is 17.2 Å². The minimum atomic E-state index is -0.362. The van der Waals surface area contributed by atoms with Crippen molar-refractivity contribution in [1.82, 2.24) is 9.80 Å². The molecule has 2 aliphatic heterocycles. The van der Waals surface area contributed by atoms with E-state index in [4.69, 9.17) is 9.47 Å². The van der Waals surface area contributed by atoms with E-state index in [1.807, 2.05) is 53.4 Å². The van der Waals surface area contributed by atoms with Crippen molar-refractivity contribution < 1.29 is 23.9 Å². The largest absolute Gasteiger partial charge is 0.494 e. The number of likely N-dealkylation sites (N-methyl/N-ethyl adjacent to an activating group) is 1. The molecule has 42 heavy (non-hydrogen) atoms. The van der Waals surface area contributed by atoms with Gasteiger partial charge in [-0.1, -0.05) is 28.1 Å². The third kappa shape index (κ3) is 7.81. The maximum atomic E-state index is 13.1. The molecule has 2 saturated heterocycles. The SMILES string of the molecule is CN1CCN(C(=O)CCCCOc2ccc(N3C(=O)SC(=Cc4ccc(Oc5ccc(Br)cc5)cc4)C3=O)cc2)CC1. The lowest BCUT2D eigenvalue weighted by molar-refractivity contribution is -0.132. The molecule has 3 aromatic rings. The molecule has 0 bridgehead atoms. The summed E-state index contributed by atoms with van der Waals surface area (Å²) in [5.41, 5.74) is 1.28. The van der Waals surface area contributed by atoms with E-state index >= 15 is 0 Å². The summed E-state index contributed by atoms with van der Waals surface area (Å²) in [5.74, 6) is 1.89. The highest BCUT2D eigenvalue weighted by atomic mass is 79.9. The van der Waals surface area contributed by atoms with Gasteiger partial charge in [0.2, 0.25) is 5.91 Å². The maximum absolute atomic E-state index is 13.1. The molecule has 3 aromatic carbocycles. The Morgan fingerprint density at radius 1 is 0.857 bits per heavy atom. The first-order valence-electron chi connectivity index (χ1n) is 13.9. The van der Waals surface area contributed by atoms with Crippen LogP contribution in [0.25, 0.3) is 6.08 Å². The summed E-state index contributed by atoms with van der Waals surface area (Å²) in [6.07, 6.45) is 3.78. The minimum Gasteiger partial charge on any atom is -0.494 e. The Bertz CT molecular complexity index is 1440. The van der Waals surface area contributed by atoms with Gasteiger partial charge in [-0.2, -0.15) is 0 Å².